The molecule has 0 unspecified atom stereocenters. The Balaban J connectivity index is 4.99. The van der Waals surface area contributed by atoms with Gasteiger partial charge in [0.2, 0.25) is 0 Å². The highest BCUT2D eigenvalue weighted by Gasteiger charge is 2.46. The molecule has 0 aliphatic rings. The van der Waals surface area contributed by atoms with E-state index < -0.39 is 55.0 Å². The van der Waals surface area contributed by atoms with Crippen LogP contribution in [-0.2, 0) is 19.2 Å². The highest BCUT2D eigenvalue weighted by molar-refractivity contribution is 5.98. The third kappa shape index (κ3) is 4.09. The van der Waals surface area contributed by atoms with Crippen LogP contribution in [0, 0.1) is 5.41 Å². The van der Waals surface area contributed by atoms with E-state index in [1.165, 1.54) is 0 Å². The van der Waals surface area contributed by atoms with Gasteiger partial charge in [-0.3, -0.25) is 19.2 Å². The standard InChI is InChI=1S/C9H12O8/c10-5(11)1-3-9(7(14)15,8(16)17)4-2-6(12)13/h1-4H2,(H,10,11)(H,12,13)(H,14,15)(H,16,17). The average molecular weight is 248 g/mol. The molecular weight excluding hydrogens is 236 g/mol. The third-order valence-electron chi connectivity index (χ3n) is 2.35. The Morgan fingerprint density at radius 1 is 0.706 bits per heavy atom. The van der Waals surface area contributed by atoms with E-state index in [-0.39, 0.29) is 0 Å². The summed E-state index contributed by atoms with van der Waals surface area (Å²) in [5, 5.41) is 34.5. The van der Waals surface area contributed by atoms with E-state index >= 15 is 0 Å². The average Bonchev–Trinajstić information content (AvgIpc) is 2.16. The molecule has 8 nitrogen and oxygen atoms in total. The van der Waals surface area contributed by atoms with Crippen LogP contribution >= 0.6 is 0 Å². The van der Waals surface area contributed by atoms with E-state index in [9.17, 15) is 19.2 Å². The van der Waals surface area contributed by atoms with Crippen LogP contribution in [0.2, 0.25) is 0 Å². The molecule has 0 amide bonds. The van der Waals surface area contributed by atoms with Gasteiger partial charge in [-0.2, -0.15) is 0 Å². The van der Waals surface area contributed by atoms with E-state index in [2.05, 4.69) is 0 Å². The molecule has 0 rings (SSSR count). The van der Waals surface area contributed by atoms with Crippen molar-refractivity contribution in [1.82, 2.24) is 0 Å². The lowest BCUT2D eigenvalue weighted by Gasteiger charge is -2.23. The van der Waals surface area contributed by atoms with Gasteiger partial charge in [-0.1, -0.05) is 0 Å². The molecule has 0 aromatic carbocycles. The quantitative estimate of drug-likeness (QED) is 0.434. The molecular formula is C9H12O8. The Kier molecular flexibility index (Phi) is 5.10. The minimum Gasteiger partial charge on any atom is -0.481 e. The molecule has 4 N–H and O–H groups in total. The van der Waals surface area contributed by atoms with Crippen LogP contribution in [0.4, 0.5) is 0 Å². The van der Waals surface area contributed by atoms with Crippen molar-refractivity contribution in [2.24, 2.45) is 5.41 Å². The summed E-state index contributed by atoms with van der Waals surface area (Å²) in [5.74, 6) is -6.14. The number of hydrogen-bond acceptors (Lipinski definition) is 4. The maximum Gasteiger partial charge on any atom is 0.321 e. The first-order valence-corrected chi connectivity index (χ1v) is 4.63. The van der Waals surface area contributed by atoms with Gasteiger partial charge in [-0.25, -0.2) is 0 Å². The normalized spacial score (nSPS) is 10.8. The number of carboxylic acids is 4. The zero-order valence-electron chi connectivity index (χ0n) is 8.75. The molecule has 0 aromatic heterocycles. The van der Waals surface area contributed by atoms with Crippen molar-refractivity contribution in [1.29, 1.82) is 0 Å². The molecule has 0 heterocycles. The number of hydrogen-bond donors (Lipinski definition) is 4. The van der Waals surface area contributed by atoms with Crippen LogP contribution in [-0.4, -0.2) is 44.3 Å². The highest BCUT2D eigenvalue weighted by atomic mass is 16.4. The molecule has 0 aliphatic carbocycles. The molecule has 0 aromatic rings. The van der Waals surface area contributed by atoms with Gasteiger partial charge in [0.15, 0.2) is 5.41 Å². The summed E-state index contributed by atoms with van der Waals surface area (Å²) in [4.78, 5) is 42.5. The lowest BCUT2D eigenvalue weighted by atomic mass is 9.79. The number of carboxylic acid groups (broad SMARTS) is 4. The first-order valence-electron chi connectivity index (χ1n) is 4.63. The van der Waals surface area contributed by atoms with Crippen LogP contribution < -0.4 is 0 Å². The van der Waals surface area contributed by atoms with Crippen LogP contribution in [0.25, 0.3) is 0 Å². The predicted molar refractivity (Wildman–Crippen MR) is 51.4 cm³/mol. The van der Waals surface area contributed by atoms with Crippen molar-refractivity contribution in [3.8, 4) is 0 Å². The zero-order valence-corrected chi connectivity index (χ0v) is 8.75. The largest absolute Gasteiger partial charge is 0.481 e. The molecule has 8 heteroatoms. The fourth-order valence-electron chi connectivity index (χ4n) is 1.28. The van der Waals surface area contributed by atoms with Gasteiger partial charge in [0.25, 0.3) is 0 Å². The predicted octanol–water partition coefficient (Wildman–Crippen LogP) is -0.128. The SMILES string of the molecule is O=C(O)CCC(CCC(=O)O)(C(=O)O)C(=O)O. The maximum atomic E-state index is 10.9. The fraction of sp³-hybridized carbons (Fsp3) is 0.556. The molecule has 0 aliphatic heterocycles. The monoisotopic (exact) mass is 248 g/mol. The van der Waals surface area contributed by atoms with Crippen molar-refractivity contribution in [3.05, 3.63) is 0 Å². The highest BCUT2D eigenvalue weighted by Crippen LogP contribution is 2.31. The second-order valence-corrected chi connectivity index (χ2v) is 3.48. The summed E-state index contributed by atoms with van der Waals surface area (Å²) >= 11 is 0. The van der Waals surface area contributed by atoms with Gasteiger partial charge in [0.05, 0.1) is 0 Å². The Morgan fingerprint density at radius 3 is 1.18 bits per heavy atom. The summed E-state index contributed by atoms with van der Waals surface area (Å²) in [7, 11) is 0. The summed E-state index contributed by atoms with van der Waals surface area (Å²) in [6, 6.07) is 0. The zero-order chi connectivity index (χ0) is 13.6. The lowest BCUT2D eigenvalue weighted by Crippen LogP contribution is -2.40. The van der Waals surface area contributed by atoms with Crippen molar-refractivity contribution >= 4 is 23.9 Å². The van der Waals surface area contributed by atoms with Crippen LogP contribution in [0.3, 0.4) is 0 Å². The Bertz CT molecular complexity index is 311. The van der Waals surface area contributed by atoms with Crippen molar-refractivity contribution in [2.45, 2.75) is 25.7 Å². The summed E-state index contributed by atoms with van der Waals surface area (Å²) in [6.07, 6.45) is -2.61. The first-order chi connectivity index (χ1) is 7.72. The summed E-state index contributed by atoms with van der Waals surface area (Å²) in [6.45, 7) is 0. The molecule has 0 saturated heterocycles. The third-order valence-corrected chi connectivity index (χ3v) is 2.35. The van der Waals surface area contributed by atoms with Gasteiger partial charge in [0, 0.05) is 12.8 Å². The Labute approximate surface area is 95.5 Å². The van der Waals surface area contributed by atoms with Crippen LogP contribution in [0.15, 0.2) is 0 Å². The van der Waals surface area contributed by atoms with E-state index in [1.54, 1.807) is 0 Å². The van der Waals surface area contributed by atoms with Gasteiger partial charge in [-0.05, 0) is 12.8 Å². The van der Waals surface area contributed by atoms with Crippen LogP contribution in [0.5, 0.6) is 0 Å². The van der Waals surface area contributed by atoms with Crippen molar-refractivity contribution in [2.75, 3.05) is 0 Å². The molecule has 0 fully saturated rings. The second kappa shape index (κ2) is 5.83. The molecule has 0 atom stereocenters. The fourth-order valence-corrected chi connectivity index (χ4v) is 1.28. The second-order valence-electron chi connectivity index (χ2n) is 3.48. The summed E-state index contributed by atoms with van der Waals surface area (Å²) in [5.41, 5.74) is -2.36. The molecule has 17 heavy (non-hydrogen) atoms. The molecule has 0 bridgehead atoms. The van der Waals surface area contributed by atoms with E-state index in [0.717, 1.165) is 0 Å². The number of aliphatic carboxylic acids is 4. The van der Waals surface area contributed by atoms with Crippen molar-refractivity contribution < 1.29 is 39.6 Å². The molecule has 0 radical (unpaired) electrons. The Hall–Kier alpha value is -2.12. The molecule has 96 valence electrons. The summed E-state index contributed by atoms with van der Waals surface area (Å²) < 4.78 is 0. The number of rotatable bonds is 8. The van der Waals surface area contributed by atoms with E-state index in [4.69, 9.17) is 20.4 Å². The minimum atomic E-state index is -2.36. The molecule has 0 saturated carbocycles. The minimum absolute atomic E-state index is 0.652. The first kappa shape index (κ1) is 14.9. The Morgan fingerprint density at radius 2 is 1.00 bits per heavy atom. The van der Waals surface area contributed by atoms with E-state index in [0.29, 0.717) is 0 Å². The van der Waals surface area contributed by atoms with Gasteiger partial charge >= 0.3 is 23.9 Å². The van der Waals surface area contributed by atoms with E-state index in [1.807, 2.05) is 0 Å². The lowest BCUT2D eigenvalue weighted by molar-refractivity contribution is -0.166. The van der Waals surface area contributed by atoms with Crippen LogP contribution in [0.1, 0.15) is 25.7 Å². The topological polar surface area (TPSA) is 149 Å². The van der Waals surface area contributed by atoms with Crippen molar-refractivity contribution in [3.63, 3.8) is 0 Å². The van der Waals surface area contributed by atoms with Gasteiger partial charge in [0.1, 0.15) is 0 Å². The van der Waals surface area contributed by atoms with Gasteiger partial charge < -0.3 is 20.4 Å². The number of carbonyl (C=O) groups is 4. The van der Waals surface area contributed by atoms with Gasteiger partial charge in [-0.15, -0.1) is 0 Å². The molecule has 0 spiro atoms. The maximum absolute atomic E-state index is 10.9. The smallest absolute Gasteiger partial charge is 0.321 e.